The van der Waals surface area contributed by atoms with Gasteiger partial charge in [-0.25, -0.2) is 0 Å². The van der Waals surface area contributed by atoms with E-state index in [2.05, 4.69) is 53.1 Å². The van der Waals surface area contributed by atoms with Gasteiger partial charge in [0, 0.05) is 18.5 Å². The molecular formula is C21H22ClN3S. The molecule has 26 heavy (non-hydrogen) atoms. The highest BCUT2D eigenvalue weighted by atomic mass is 35.5. The Bertz CT molecular complexity index is 1080. The van der Waals surface area contributed by atoms with E-state index < -0.39 is 0 Å². The van der Waals surface area contributed by atoms with Crippen LogP contribution in [0.1, 0.15) is 40.2 Å². The Hall–Kier alpha value is -1.62. The van der Waals surface area contributed by atoms with Gasteiger partial charge in [-0.05, 0) is 79.3 Å². The minimum atomic E-state index is 0.351. The Kier molecular flexibility index (Phi) is 3.78. The zero-order valence-electron chi connectivity index (χ0n) is 15.0. The van der Waals surface area contributed by atoms with Crippen molar-refractivity contribution in [3.63, 3.8) is 0 Å². The molecule has 3 aromatic rings. The fourth-order valence-electron chi connectivity index (χ4n) is 5.13. The van der Waals surface area contributed by atoms with Gasteiger partial charge in [0.05, 0.1) is 16.1 Å². The van der Waals surface area contributed by atoms with E-state index in [1.165, 1.54) is 34.2 Å². The fraction of sp³-hybridized carbons (Fsp3) is 0.381. The normalized spacial score (nSPS) is 22.6. The van der Waals surface area contributed by atoms with Crippen molar-refractivity contribution in [2.45, 2.75) is 38.1 Å². The number of aromatic amines is 2. The maximum atomic E-state index is 6.59. The maximum absolute atomic E-state index is 6.59. The summed E-state index contributed by atoms with van der Waals surface area (Å²) in [6.07, 6.45) is 3.35. The zero-order chi connectivity index (χ0) is 18.0. The number of fused-ring (bicyclic) bond motifs is 7. The summed E-state index contributed by atoms with van der Waals surface area (Å²) < 4.78 is 0.644. The lowest BCUT2D eigenvalue weighted by Gasteiger charge is -2.39. The van der Waals surface area contributed by atoms with E-state index in [9.17, 15) is 0 Å². The molecule has 0 saturated carbocycles. The minimum Gasteiger partial charge on any atom is -0.330 e. The van der Waals surface area contributed by atoms with Crippen LogP contribution in [0.15, 0.2) is 24.3 Å². The number of benzene rings is 2. The monoisotopic (exact) mass is 383 g/mol. The number of nitrogens with one attached hydrogen (secondary N) is 2. The van der Waals surface area contributed by atoms with Gasteiger partial charge < -0.3 is 14.9 Å². The lowest BCUT2D eigenvalue weighted by atomic mass is 9.72. The number of hydrogen-bond donors (Lipinski definition) is 2. The molecule has 1 aliphatic carbocycles. The molecule has 3 nitrogen and oxygen atoms in total. The summed E-state index contributed by atoms with van der Waals surface area (Å²) in [6, 6.07) is 9.40. The van der Waals surface area contributed by atoms with Crippen LogP contribution < -0.4 is 0 Å². The second kappa shape index (κ2) is 5.95. The number of likely N-dealkylation sites (N-methyl/N-ethyl adjacent to an activating group) is 1. The Morgan fingerprint density at radius 3 is 2.77 bits per heavy atom. The van der Waals surface area contributed by atoms with Crippen molar-refractivity contribution in [1.29, 1.82) is 0 Å². The third-order valence-electron chi connectivity index (χ3n) is 6.31. The van der Waals surface area contributed by atoms with Crippen LogP contribution in [0.2, 0.25) is 5.02 Å². The van der Waals surface area contributed by atoms with Crippen LogP contribution in [-0.2, 0) is 12.8 Å². The van der Waals surface area contributed by atoms with Crippen molar-refractivity contribution in [3.05, 3.63) is 61.9 Å². The van der Waals surface area contributed by atoms with Crippen LogP contribution >= 0.6 is 23.8 Å². The summed E-state index contributed by atoms with van der Waals surface area (Å²) in [5.74, 6) is 0.351. The lowest BCUT2D eigenvalue weighted by molar-refractivity contribution is 0.214. The molecule has 0 spiro atoms. The molecule has 2 aliphatic rings. The predicted molar refractivity (Wildman–Crippen MR) is 110 cm³/mol. The van der Waals surface area contributed by atoms with Crippen LogP contribution in [0.5, 0.6) is 0 Å². The van der Waals surface area contributed by atoms with E-state index in [4.69, 9.17) is 23.8 Å². The fourth-order valence-corrected chi connectivity index (χ4v) is 5.61. The molecule has 1 aromatic heterocycles. The summed E-state index contributed by atoms with van der Waals surface area (Å²) >= 11 is 12.0. The highest BCUT2D eigenvalue weighted by Crippen LogP contribution is 2.46. The van der Waals surface area contributed by atoms with E-state index in [0.717, 1.165) is 35.4 Å². The molecule has 2 aromatic carbocycles. The average molecular weight is 384 g/mol. The Labute approximate surface area is 163 Å². The van der Waals surface area contributed by atoms with Gasteiger partial charge in [0.2, 0.25) is 0 Å². The standard InChI is InChI=1S/C21H22ClN3S/c1-11-4-3-5-12-6-7-15-18(16(11)12)17-13(8-9-25(15)2)10-14(22)19-20(17)24-21(26)23-19/h3-5,10,15,18H,6-9H2,1-2H3,(H2,23,24,26)/t15-,18+/m0/s1. The average Bonchev–Trinajstić information content (AvgIpc) is 2.95. The summed E-state index contributed by atoms with van der Waals surface area (Å²) in [6.45, 7) is 3.31. The number of aromatic nitrogens is 2. The molecule has 2 heterocycles. The topological polar surface area (TPSA) is 34.8 Å². The number of nitrogens with zero attached hydrogens (tertiary/aromatic N) is 1. The van der Waals surface area contributed by atoms with Crippen molar-refractivity contribution < 1.29 is 0 Å². The van der Waals surface area contributed by atoms with Gasteiger partial charge in [0.1, 0.15) is 0 Å². The van der Waals surface area contributed by atoms with E-state index in [-0.39, 0.29) is 0 Å². The molecular weight excluding hydrogens is 362 g/mol. The van der Waals surface area contributed by atoms with Gasteiger partial charge >= 0.3 is 0 Å². The predicted octanol–water partition coefficient (Wildman–Crippen LogP) is 5.12. The van der Waals surface area contributed by atoms with Crippen molar-refractivity contribution in [3.8, 4) is 0 Å². The first-order valence-electron chi connectivity index (χ1n) is 9.26. The number of imidazole rings is 1. The molecule has 0 saturated heterocycles. The van der Waals surface area contributed by atoms with Crippen LogP contribution in [0, 0.1) is 11.7 Å². The zero-order valence-corrected chi connectivity index (χ0v) is 16.6. The molecule has 0 bridgehead atoms. The number of rotatable bonds is 0. The molecule has 2 atom stereocenters. The van der Waals surface area contributed by atoms with Crippen molar-refractivity contribution >= 4 is 34.9 Å². The molecule has 0 fully saturated rings. The second-order valence-corrected chi connectivity index (χ2v) is 8.54. The van der Waals surface area contributed by atoms with Crippen LogP contribution in [0.25, 0.3) is 11.0 Å². The van der Waals surface area contributed by atoms with Gasteiger partial charge in [-0.15, -0.1) is 0 Å². The van der Waals surface area contributed by atoms with E-state index in [1.807, 2.05) is 0 Å². The van der Waals surface area contributed by atoms with Gasteiger partial charge in [0.15, 0.2) is 4.77 Å². The Morgan fingerprint density at radius 1 is 1.12 bits per heavy atom. The van der Waals surface area contributed by atoms with Crippen LogP contribution in [0.3, 0.4) is 0 Å². The highest BCUT2D eigenvalue weighted by Gasteiger charge is 2.38. The molecule has 5 heteroatoms. The van der Waals surface area contributed by atoms with Crippen LogP contribution in [-0.4, -0.2) is 34.5 Å². The SMILES string of the molecule is Cc1cccc2c1[C@@H]1c3c(cc(Cl)c4[nH]c(=S)[nH]c34)CCN(C)[C@H]1CC2. The first-order valence-corrected chi connectivity index (χ1v) is 10.0. The van der Waals surface area contributed by atoms with Gasteiger partial charge in [-0.3, -0.25) is 0 Å². The molecule has 5 rings (SSSR count). The Morgan fingerprint density at radius 2 is 1.92 bits per heavy atom. The molecule has 1 aliphatic heterocycles. The van der Waals surface area contributed by atoms with Crippen molar-refractivity contribution in [2.24, 2.45) is 0 Å². The highest BCUT2D eigenvalue weighted by molar-refractivity contribution is 7.71. The Balaban J connectivity index is 1.89. The van der Waals surface area contributed by atoms with Crippen molar-refractivity contribution in [2.75, 3.05) is 13.6 Å². The van der Waals surface area contributed by atoms with Gasteiger partial charge in [-0.2, -0.15) is 0 Å². The van der Waals surface area contributed by atoms with Gasteiger partial charge in [-0.1, -0.05) is 29.8 Å². The van der Waals surface area contributed by atoms with E-state index >= 15 is 0 Å². The number of halogens is 1. The quantitative estimate of drug-likeness (QED) is 0.528. The lowest BCUT2D eigenvalue weighted by Crippen LogP contribution is -2.40. The summed E-state index contributed by atoms with van der Waals surface area (Å²) in [7, 11) is 2.27. The van der Waals surface area contributed by atoms with E-state index in [1.54, 1.807) is 0 Å². The molecule has 0 radical (unpaired) electrons. The van der Waals surface area contributed by atoms with Gasteiger partial charge in [0.25, 0.3) is 0 Å². The summed E-state index contributed by atoms with van der Waals surface area (Å²) in [5.41, 5.74) is 9.16. The summed E-state index contributed by atoms with van der Waals surface area (Å²) in [4.78, 5) is 9.21. The first kappa shape index (κ1) is 16.5. The smallest absolute Gasteiger partial charge is 0.175 e. The number of hydrogen-bond acceptors (Lipinski definition) is 2. The largest absolute Gasteiger partial charge is 0.330 e. The van der Waals surface area contributed by atoms with Crippen LogP contribution in [0.4, 0.5) is 0 Å². The third kappa shape index (κ3) is 2.32. The molecule has 0 unspecified atom stereocenters. The third-order valence-corrected chi connectivity index (χ3v) is 6.82. The minimum absolute atomic E-state index is 0.351. The second-order valence-electron chi connectivity index (χ2n) is 7.72. The first-order chi connectivity index (χ1) is 12.5. The molecule has 0 amide bonds. The molecule has 2 N–H and O–H groups in total. The van der Waals surface area contributed by atoms with Crippen molar-refractivity contribution in [1.82, 2.24) is 14.9 Å². The maximum Gasteiger partial charge on any atom is 0.175 e. The number of aryl methyl sites for hydroxylation is 2. The van der Waals surface area contributed by atoms with E-state index in [0.29, 0.717) is 16.7 Å². The number of H-pyrrole nitrogens is 2. The molecule has 134 valence electrons. The summed E-state index contributed by atoms with van der Waals surface area (Å²) in [5, 5.41) is 0.757.